The summed E-state index contributed by atoms with van der Waals surface area (Å²) in [7, 11) is 2.02. The van der Waals surface area contributed by atoms with Crippen LogP contribution < -0.4 is 4.90 Å². The van der Waals surface area contributed by atoms with Crippen molar-refractivity contribution in [3.63, 3.8) is 0 Å². The Morgan fingerprint density at radius 2 is 1.93 bits per heavy atom. The fourth-order valence-electron chi connectivity index (χ4n) is 1.23. The van der Waals surface area contributed by atoms with Gasteiger partial charge in [0.25, 0.3) is 0 Å². The predicted octanol–water partition coefficient (Wildman–Crippen LogP) is 2.77. The molecule has 1 unspecified atom stereocenters. The van der Waals surface area contributed by atoms with Gasteiger partial charge in [0, 0.05) is 45.4 Å². The van der Waals surface area contributed by atoms with E-state index in [0.717, 1.165) is 12.1 Å². The third-order valence-corrected chi connectivity index (χ3v) is 2.19. The van der Waals surface area contributed by atoms with E-state index in [2.05, 4.69) is 24.0 Å². The van der Waals surface area contributed by atoms with Crippen LogP contribution in [0, 0.1) is 6.92 Å². The van der Waals surface area contributed by atoms with Gasteiger partial charge in [-0.15, -0.1) is 0 Å². The second-order valence-corrected chi connectivity index (χ2v) is 3.14. The van der Waals surface area contributed by atoms with Gasteiger partial charge >= 0.3 is 0 Å². The first-order chi connectivity index (χ1) is 6.25. The van der Waals surface area contributed by atoms with Crippen LogP contribution in [0.15, 0.2) is 30.3 Å². The molecule has 0 heterocycles. The Bertz CT molecular complexity index is 238. The van der Waals surface area contributed by atoms with E-state index in [0.29, 0.717) is 6.54 Å². The number of hydrogen-bond donors (Lipinski definition) is 0. The van der Waals surface area contributed by atoms with Crippen LogP contribution in [0.3, 0.4) is 0 Å². The molecule has 0 aromatic heterocycles. The summed E-state index contributed by atoms with van der Waals surface area (Å²) < 4.78 is 0. The van der Waals surface area contributed by atoms with Crippen LogP contribution in [0.4, 0.5) is 5.69 Å². The van der Waals surface area contributed by atoms with Gasteiger partial charge in [-0.3, -0.25) is 0 Å². The zero-order chi connectivity index (χ0) is 9.68. The second-order valence-electron chi connectivity index (χ2n) is 3.14. The van der Waals surface area contributed by atoms with Crippen molar-refractivity contribution in [1.29, 1.82) is 0 Å². The molecule has 0 aliphatic carbocycles. The maximum absolute atomic E-state index is 7.12. The molecule has 1 N–H and O–H groups in total. The summed E-state index contributed by atoms with van der Waals surface area (Å²) in [5, 5.41) is 0. The molecule has 2 nitrogen and oxygen atoms in total. The predicted molar refractivity (Wildman–Crippen MR) is 57.8 cm³/mol. The van der Waals surface area contributed by atoms with Crippen molar-refractivity contribution in [2.45, 2.75) is 12.5 Å². The van der Waals surface area contributed by atoms with E-state index in [9.17, 15) is 0 Å². The van der Waals surface area contributed by atoms with Crippen molar-refractivity contribution in [2.24, 2.45) is 0 Å². The zero-order valence-corrected chi connectivity index (χ0v) is 11.4. The first-order valence-electron chi connectivity index (χ1n) is 4.51. The molecule has 0 fully saturated rings. The molecular formula is C11H16N2Y-2. The van der Waals surface area contributed by atoms with Crippen molar-refractivity contribution in [1.82, 2.24) is 0 Å². The zero-order valence-electron chi connectivity index (χ0n) is 8.61. The number of anilines is 1. The van der Waals surface area contributed by atoms with Crippen LogP contribution in [0.25, 0.3) is 5.73 Å². The maximum Gasteiger partial charge on any atom is 0.0341 e. The number of nitrogens with zero attached hydrogens (tertiary/aromatic N) is 1. The third kappa shape index (κ3) is 4.08. The van der Waals surface area contributed by atoms with E-state index in [1.165, 1.54) is 0 Å². The number of nitrogens with one attached hydrogen (secondary N) is 1. The Balaban J connectivity index is 0.00000169. The summed E-state index contributed by atoms with van der Waals surface area (Å²) in [6, 6.07) is 10.3. The largest absolute Gasteiger partial charge is 0.677 e. The summed E-state index contributed by atoms with van der Waals surface area (Å²) in [4.78, 5) is 2.11. The van der Waals surface area contributed by atoms with Crippen LogP contribution in [0.1, 0.15) is 6.42 Å². The van der Waals surface area contributed by atoms with Gasteiger partial charge in [0.2, 0.25) is 0 Å². The smallest absolute Gasteiger partial charge is 0.0341 e. The summed E-state index contributed by atoms with van der Waals surface area (Å²) in [5.74, 6) is 0. The molecule has 0 aliphatic heterocycles. The molecule has 0 amide bonds. The standard InChI is InChI=1S/C11H16N2.Y/c1-10(8-9-12)13(2)11-6-4-3-5-7-11;/h3-7,10,12H,1,8-9H2,2H3;/q-2;. The van der Waals surface area contributed by atoms with E-state index in [4.69, 9.17) is 5.73 Å². The van der Waals surface area contributed by atoms with Gasteiger partial charge in [0.1, 0.15) is 0 Å². The molecule has 0 saturated heterocycles. The van der Waals surface area contributed by atoms with Crippen molar-refractivity contribution < 1.29 is 32.7 Å². The second kappa shape index (κ2) is 7.39. The Morgan fingerprint density at radius 1 is 1.36 bits per heavy atom. The van der Waals surface area contributed by atoms with Gasteiger partial charge in [-0.25, -0.2) is 0 Å². The molecular weight excluding hydrogens is 249 g/mol. The summed E-state index contributed by atoms with van der Waals surface area (Å²) in [5.41, 5.74) is 8.29. The summed E-state index contributed by atoms with van der Waals surface area (Å²) >= 11 is 0. The minimum absolute atomic E-state index is 0. The number of benzene rings is 1. The molecule has 0 saturated carbocycles. The Labute approximate surface area is 112 Å². The molecule has 0 aliphatic rings. The molecule has 1 atom stereocenters. The summed E-state index contributed by atoms with van der Waals surface area (Å²) in [6.45, 7) is 4.45. The van der Waals surface area contributed by atoms with Gasteiger partial charge in [0.05, 0.1) is 0 Å². The minimum Gasteiger partial charge on any atom is -0.677 e. The van der Waals surface area contributed by atoms with E-state index < -0.39 is 0 Å². The van der Waals surface area contributed by atoms with Gasteiger partial charge in [-0.05, 0) is 12.1 Å². The van der Waals surface area contributed by atoms with Gasteiger partial charge in [-0.1, -0.05) is 30.7 Å². The maximum atomic E-state index is 7.12. The van der Waals surface area contributed by atoms with Crippen molar-refractivity contribution >= 4 is 5.69 Å². The number of para-hydroxylation sites is 1. The van der Waals surface area contributed by atoms with Crippen LogP contribution in [0.5, 0.6) is 0 Å². The topological polar surface area (TPSA) is 27.0 Å². The molecule has 14 heavy (non-hydrogen) atoms. The number of hydrogen-bond acceptors (Lipinski definition) is 1. The quantitative estimate of drug-likeness (QED) is 0.769. The molecule has 1 aromatic carbocycles. The van der Waals surface area contributed by atoms with E-state index in [-0.39, 0.29) is 38.8 Å². The monoisotopic (exact) mass is 265 g/mol. The summed E-state index contributed by atoms with van der Waals surface area (Å²) in [6.07, 6.45) is 0.811. The Morgan fingerprint density at radius 3 is 2.43 bits per heavy atom. The molecule has 1 aromatic rings. The van der Waals surface area contributed by atoms with Crippen molar-refractivity contribution in [2.75, 3.05) is 18.5 Å². The first kappa shape index (κ1) is 14.1. The van der Waals surface area contributed by atoms with Crippen molar-refractivity contribution in [3.8, 4) is 0 Å². The van der Waals surface area contributed by atoms with Gasteiger partial charge in [-0.2, -0.15) is 6.54 Å². The third-order valence-electron chi connectivity index (χ3n) is 2.19. The normalized spacial score (nSPS) is 11.6. The Kier molecular flexibility index (Phi) is 7.43. The van der Waals surface area contributed by atoms with E-state index in [1.54, 1.807) is 0 Å². The average Bonchev–Trinajstić information content (AvgIpc) is 2.18. The first-order valence-corrected chi connectivity index (χ1v) is 4.51. The number of rotatable bonds is 4. The van der Waals surface area contributed by atoms with Gasteiger partial charge < -0.3 is 17.6 Å². The van der Waals surface area contributed by atoms with Crippen molar-refractivity contribution in [3.05, 3.63) is 43.0 Å². The molecule has 1 rings (SSSR count). The van der Waals surface area contributed by atoms with Crippen LogP contribution >= 0.6 is 0 Å². The Hall–Kier alpha value is 0.0839. The molecule has 0 spiro atoms. The van der Waals surface area contributed by atoms with E-state index in [1.807, 2.05) is 25.2 Å². The van der Waals surface area contributed by atoms with Crippen LogP contribution in [-0.2, 0) is 32.7 Å². The average molecular weight is 265 g/mol. The minimum atomic E-state index is 0. The molecule has 0 bridgehead atoms. The van der Waals surface area contributed by atoms with Crippen LogP contribution in [-0.4, -0.2) is 19.6 Å². The molecule has 3 heteroatoms. The molecule has 1 radical (unpaired) electrons. The van der Waals surface area contributed by atoms with E-state index >= 15 is 0 Å². The van der Waals surface area contributed by atoms with Gasteiger partial charge in [0.15, 0.2) is 0 Å². The fraction of sp³-hybridized carbons (Fsp3) is 0.364. The fourth-order valence-corrected chi connectivity index (χ4v) is 1.23. The SMILES string of the molecule is [CH2-]C(CC[NH-])N(C)c1ccccc1.[Y]. The van der Waals surface area contributed by atoms with Crippen LogP contribution in [0.2, 0.25) is 0 Å². The molecule has 75 valence electrons.